The van der Waals surface area contributed by atoms with Crippen LogP contribution in [-0.2, 0) is 24.3 Å². The number of aromatic nitrogens is 2. The van der Waals surface area contributed by atoms with Crippen molar-refractivity contribution in [3.05, 3.63) is 95.2 Å². The zero-order valence-electron chi connectivity index (χ0n) is 24.1. The smallest absolute Gasteiger partial charge is 0.322 e. The molecule has 0 saturated carbocycles. The van der Waals surface area contributed by atoms with Crippen molar-refractivity contribution in [3.8, 4) is 0 Å². The van der Waals surface area contributed by atoms with Crippen LogP contribution in [0.1, 0.15) is 48.1 Å². The van der Waals surface area contributed by atoms with Crippen LogP contribution in [0.15, 0.2) is 72.9 Å². The molecule has 3 aliphatic heterocycles. The summed E-state index contributed by atoms with van der Waals surface area (Å²) in [5, 5.41) is 14.4. The molecular formula is C33H35N7O3. The van der Waals surface area contributed by atoms with Crippen molar-refractivity contribution in [1.82, 2.24) is 30.2 Å². The van der Waals surface area contributed by atoms with Gasteiger partial charge in [0.05, 0.1) is 17.8 Å². The maximum atomic E-state index is 14.1. The Morgan fingerprint density at radius 1 is 0.953 bits per heavy atom. The Hall–Kier alpha value is -4.86. The number of urea groups is 2. The average Bonchev–Trinajstić information content (AvgIpc) is 3.47. The van der Waals surface area contributed by atoms with Crippen LogP contribution in [0.3, 0.4) is 0 Å². The zero-order valence-corrected chi connectivity index (χ0v) is 24.1. The highest BCUT2D eigenvalue weighted by molar-refractivity contribution is 5.93. The number of piperidine rings is 1. The van der Waals surface area contributed by atoms with E-state index >= 15 is 0 Å². The van der Waals surface area contributed by atoms with Gasteiger partial charge in [0, 0.05) is 49.7 Å². The normalized spacial score (nSPS) is 19.8. The summed E-state index contributed by atoms with van der Waals surface area (Å²) in [5.74, 6) is -0.101. The second kappa shape index (κ2) is 11.1. The van der Waals surface area contributed by atoms with E-state index in [2.05, 4.69) is 20.8 Å². The molecule has 0 aliphatic carbocycles. The second-order valence-electron chi connectivity index (χ2n) is 11.7. The molecule has 7 rings (SSSR count). The Kier molecular flexibility index (Phi) is 6.96. The lowest BCUT2D eigenvalue weighted by Crippen LogP contribution is -2.56. The molecule has 43 heavy (non-hydrogen) atoms. The first kappa shape index (κ1) is 27.0. The maximum Gasteiger partial charge on any atom is 0.322 e. The molecule has 4 heterocycles. The van der Waals surface area contributed by atoms with Crippen LogP contribution in [-0.4, -0.2) is 68.0 Å². The standard InChI is InChI=1S/C33H35N7O3/c1-21(22-7-3-2-4-8-22)39-20-27-23(11-12-29-26(27)18-34-37-29)17-30(31(39)41)36-32(42)38-15-13-25(14-16-38)40-19-24-9-5-6-10-28(24)35-33(40)43/h2-12,18,21,25,30H,13-17,19-20H2,1H3,(H,34,37)(H,35,43)(H,36,42)/t21-,30+/m0/s1. The Balaban J connectivity index is 1.07. The second-order valence-corrected chi connectivity index (χ2v) is 11.7. The van der Waals surface area contributed by atoms with Gasteiger partial charge in [0.25, 0.3) is 0 Å². The SMILES string of the molecule is C[C@@H](c1ccccc1)N1Cc2c(ccc3[nH]ncc23)C[C@@H](NC(=O)N2CCC(N3Cc4ccccc4NC3=O)CC2)C1=O. The summed E-state index contributed by atoms with van der Waals surface area (Å²) >= 11 is 0. The van der Waals surface area contributed by atoms with Gasteiger partial charge in [-0.25, -0.2) is 9.59 Å². The molecule has 10 heteroatoms. The molecule has 0 spiro atoms. The largest absolute Gasteiger partial charge is 0.330 e. The van der Waals surface area contributed by atoms with Crippen LogP contribution >= 0.6 is 0 Å². The van der Waals surface area contributed by atoms with E-state index in [-0.39, 0.29) is 30.1 Å². The van der Waals surface area contributed by atoms with Gasteiger partial charge in [-0.1, -0.05) is 54.6 Å². The van der Waals surface area contributed by atoms with Crippen LogP contribution in [0.2, 0.25) is 0 Å². The number of anilines is 1. The number of carbonyl (C=O) groups excluding carboxylic acids is 3. The fraction of sp³-hybridized carbons (Fsp3) is 0.333. The molecular weight excluding hydrogens is 542 g/mol. The van der Waals surface area contributed by atoms with E-state index in [1.165, 1.54) is 0 Å². The first-order valence-electron chi connectivity index (χ1n) is 15.0. The molecule has 10 nitrogen and oxygen atoms in total. The number of nitrogens with one attached hydrogen (secondary N) is 3. The van der Waals surface area contributed by atoms with E-state index in [1.54, 1.807) is 4.90 Å². The first-order valence-corrected chi connectivity index (χ1v) is 15.0. The predicted molar refractivity (Wildman–Crippen MR) is 163 cm³/mol. The lowest BCUT2D eigenvalue weighted by molar-refractivity contribution is -0.135. The van der Waals surface area contributed by atoms with Gasteiger partial charge in [0.2, 0.25) is 5.91 Å². The Morgan fingerprint density at radius 3 is 2.53 bits per heavy atom. The zero-order chi connectivity index (χ0) is 29.5. The summed E-state index contributed by atoms with van der Waals surface area (Å²) in [4.78, 5) is 46.1. The highest BCUT2D eigenvalue weighted by Crippen LogP contribution is 2.32. The van der Waals surface area contributed by atoms with Crippen molar-refractivity contribution in [3.63, 3.8) is 0 Å². The molecule has 3 aromatic carbocycles. The quantitative estimate of drug-likeness (QED) is 0.323. The summed E-state index contributed by atoms with van der Waals surface area (Å²) in [7, 11) is 0. The third-order valence-electron chi connectivity index (χ3n) is 9.27. The lowest BCUT2D eigenvalue weighted by Gasteiger charge is -2.41. The number of nitrogens with zero attached hydrogens (tertiary/aromatic N) is 4. The molecule has 3 N–H and O–H groups in total. The summed E-state index contributed by atoms with van der Waals surface area (Å²) < 4.78 is 0. The molecule has 0 bridgehead atoms. The van der Waals surface area contributed by atoms with Crippen LogP contribution in [0.25, 0.3) is 10.9 Å². The van der Waals surface area contributed by atoms with Gasteiger partial charge in [0.15, 0.2) is 0 Å². The van der Waals surface area contributed by atoms with E-state index in [0.29, 0.717) is 45.4 Å². The molecule has 4 aromatic rings. The lowest BCUT2D eigenvalue weighted by atomic mass is 9.98. The number of hydrogen-bond donors (Lipinski definition) is 3. The van der Waals surface area contributed by atoms with Crippen molar-refractivity contribution in [1.29, 1.82) is 0 Å². The van der Waals surface area contributed by atoms with Crippen LogP contribution < -0.4 is 10.6 Å². The Morgan fingerprint density at radius 2 is 1.72 bits per heavy atom. The minimum Gasteiger partial charge on any atom is -0.330 e. The van der Waals surface area contributed by atoms with E-state index in [1.807, 2.05) is 89.7 Å². The van der Waals surface area contributed by atoms with Gasteiger partial charge >= 0.3 is 12.1 Å². The first-order chi connectivity index (χ1) is 21.0. The number of carbonyl (C=O) groups is 3. The number of hydrogen-bond acceptors (Lipinski definition) is 4. The van der Waals surface area contributed by atoms with Gasteiger partial charge in [0.1, 0.15) is 6.04 Å². The molecule has 1 saturated heterocycles. The predicted octanol–water partition coefficient (Wildman–Crippen LogP) is 4.80. The minimum atomic E-state index is -0.702. The van der Waals surface area contributed by atoms with E-state index < -0.39 is 6.04 Å². The van der Waals surface area contributed by atoms with Crippen LogP contribution in [0, 0.1) is 0 Å². The molecule has 3 aliphatic rings. The van der Waals surface area contributed by atoms with Gasteiger partial charge in [-0.3, -0.25) is 9.89 Å². The fourth-order valence-electron chi connectivity index (χ4n) is 6.75. The van der Waals surface area contributed by atoms with Crippen molar-refractivity contribution < 1.29 is 14.4 Å². The topological polar surface area (TPSA) is 114 Å². The molecule has 220 valence electrons. The number of para-hydroxylation sites is 1. The highest BCUT2D eigenvalue weighted by atomic mass is 16.2. The van der Waals surface area contributed by atoms with Crippen molar-refractivity contribution in [2.75, 3.05) is 18.4 Å². The number of likely N-dealkylation sites (tertiary alicyclic amines) is 1. The fourth-order valence-corrected chi connectivity index (χ4v) is 6.75. The average molecular weight is 578 g/mol. The number of amides is 5. The van der Waals surface area contributed by atoms with Gasteiger partial charge in [-0.2, -0.15) is 5.10 Å². The minimum absolute atomic E-state index is 0.0448. The summed E-state index contributed by atoms with van der Waals surface area (Å²) in [6.45, 7) is 4.05. The number of fused-ring (bicyclic) bond motifs is 4. The summed E-state index contributed by atoms with van der Waals surface area (Å²) in [6.07, 6.45) is 3.58. The third kappa shape index (κ3) is 5.07. The van der Waals surface area contributed by atoms with Gasteiger partial charge < -0.3 is 25.3 Å². The van der Waals surface area contributed by atoms with E-state index in [4.69, 9.17) is 0 Å². The van der Waals surface area contributed by atoms with Gasteiger partial charge in [-0.05, 0) is 54.2 Å². The van der Waals surface area contributed by atoms with Crippen LogP contribution in [0.5, 0.6) is 0 Å². The third-order valence-corrected chi connectivity index (χ3v) is 9.27. The molecule has 2 atom stereocenters. The molecule has 0 radical (unpaired) electrons. The molecule has 0 unspecified atom stereocenters. The monoisotopic (exact) mass is 577 g/mol. The van der Waals surface area contributed by atoms with Gasteiger partial charge in [-0.15, -0.1) is 0 Å². The molecule has 5 amide bonds. The molecule has 1 aromatic heterocycles. The highest BCUT2D eigenvalue weighted by Gasteiger charge is 2.37. The van der Waals surface area contributed by atoms with E-state index in [0.717, 1.165) is 38.8 Å². The molecule has 1 fully saturated rings. The maximum absolute atomic E-state index is 14.1. The van der Waals surface area contributed by atoms with Crippen molar-refractivity contribution >= 4 is 34.6 Å². The van der Waals surface area contributed by atoms with Crippen LogP contribution in [0.4, 0.5) is 15.3 Å². The number of rotatable bonds is 4. The number of benzene rings is 3. The van der Waals surface area contributed by atoms with Crippen molar-refractivity contribution in [2.45, 2.75) is 57.4 Å². The van der Waals surface area contributed by atoms with Crippen molar-refractivity contribution in [2.24, 2.45) is 0 Å². The Bertz CT molecular complexity index is 1680. The van der Waals surface area contributed by atoms with E-state index in [9.17, 15) is 14.4 Å². The number of H-pyrrole nitrogens is 1. The summed E-state index contributed by atoms with van der Waals surface area (Å²) in [6, 6.07) is 20.7. The number of aromatic amines is 1. The Labute approximate surface area is 250 Å². The summed E-state index contributed by atoms with van der Waals surface area (Å²) in [5.41, 5.74) is 6.01.